The molecule has 0 aliphatic rings. The van der Waals surface area contributed by atoms with E-state index in [0.29, 0.717) is 17.3 Å². The molecule has 0 saturated heterocycles. The molecule has 0 bridgehead atoms. The van der Waals surface area contributed by atoms with E-state index in [1.165, 1.54) is 16.7 Å². The van der Waals surface area contributed by atoms with Crippen LogP contribution in [0.3, 0.4) is 0 Å². The molecule has 0 atom stereocenters. The van der Waals surface area contributed by atoms with Crippen molar-refractivity contribution >= 4 is 17.4 Å². The average molecular weight is 310 g/mol. The molecular formula is C12H11FN4O3S. The number of nitrogens with one attached hydrogen (secondary N) is 1. The molecule has 1 aromatic carbocycles. The van der Waals surface area contributed by atoms with Crippen molar-refractivity contribution < 1.29 is 9.31 Å². The van der Waals surface area contributed by atoms with Gasteiger partial charge in [0.25, 0.3) is 5.69 Å². The van der Waals surface area contributed by atoms with Crippen LogP contribution in [-0.4, -0.2) is 19.7 Å². The number of rotatable bonds is 6. The van der Waals surface area contributed by atoms with E-state index >= 15 is 0 Å². The van der Waals surface area contributed by atoms with Crippen molar-refractivity contribution in [1.82, 2.24) is 14.8 Å². The van der Waals surface area contributed by atoms with Crippen LogP contribution in [0.15, 0.2) is 40.8 Å². The second kappa shape index (κ2) is 6.35. The number of H-pyrrole nitrogens is 1. The van der Waals surface area contributed by atoms with Gasteiger partial charge in [0, 0.05) is 18.4 Å². The Balaban J connectivity index is 2.15. The largest absolute Gasteiger partial charge is 0.344 e. The first kappa shape index (κ1) is 15.0. The van der Waals surface area contributed by atoms with Crippen LogP contribution in [0.1, 0.15) is 5.56 Å². The monoisotopic (exact) mass is 310 g/mol. The molecule has 0 radical (unpaired) electrons. The van der Waals surface area contributed by atoms with Crippen molar-refractivity contribution in [2.24, 2.45) is 0 Å². The van der Waals surface area contributed by atoms with Gasteiger partial charge in [-0.15, -0.1) is 11.7 Å². The first-order chi connectivity index (χ1) is 10.0. The van der Waals surface area contributed by atoms with Crippen molar-refractivity contribution in [2.75, 3.05) is 0 Å². The number of nitro groups is 1. The molecule has 0 aliphatic heterocycles. The molecule has 0 unspecified atom stereocenters. The summed E-state index contributed by atoms with van der Waals surface area (Å²) in [5.41, 5.74) is -0.377. The number of halogens is 1. The van der Waals surface area contributed by atoms with Crippen LogP contribution in [0, 0.1) is 15.9 Å². The summed E-state index contributed by atoms with van der Waals surface area (Å²) in [6, 6.07) is 3.46. The minimum Gasteiger partial charge on any atom is -0.266 e. The molecule has 0 aliphatic carbocycles. The lowest BCUT2D eigenvalue weighted by Gasteiger charge is -2.04. The predicted molar refractivity (Wildman–Crippen MR) is 75.7 cm³/mol. The van der Waals surface area contributed by atoms with Crippen LogP contribution >= 0.6 is 11.8 Å². The highest BCUT2D eigenvalue weighted by Gasteiger charge is 2.13. The fourth-order valence-corrected chi connectivity index (χ4v) is 2.55. The summed E-state index contributed by atoms with van der Waals surface area (Å²) in [6.07, 6.45) is 1.55. The molecule has 0 amide bonds. The lowest BCUT2D eigenvalue weighted by atomic mass is 10.2. The summed E-state index contributed by atoms with van der Waals surface area (Å²) < 4.78 is 15.1. The maximum atomic E-state index is 13.7. The van der Waals surface area contributed by atoms with Gasteiger partial charge in [0.05, 0.1) is 11.0 Å². The molecule has 0 fully saturated rings. The Labute approximate surface area is 122 Å². The average Bonchev–Trinajstić information content (AvgIpc) is 2.79. The van der Waals surface area contributed by atoms with Gasteiger partial charge in [0.15, 0.2) is 5.16 Å². The first-order valence-electron chi connectivity index (χ1n) is 5.84. The van der Waals surface area contributed by atoms with E-state index in [1.807, 2.05) is 0 Å². The van der Waals surface area contributed by atoms with Crippen molar-refractivity contribution in [1.29, 1.82) is 0 Å². The lowest BCUT2D eigenvalue weighted by Crippen LogP contribution is -2.16. The number of nitrogens with zero attached hydrogens (tertiary/aromatic N) is 3. The summed E-state index contributed by atoms with van der Waals surface area (Å²) in [7, 11) is 0. The number of nitro benzene ring substituents is 1. The van der Waals surface area contributed by atoms with Gasteiger partial charge < -0.3 is 0 Å². The van der Waals surface area contributed by atoms with Crippen LogP contribution in [-0.2, 0) is 12.3 Å². The van der Waals surface area contributed by atoms with Gasteiger partial charge in [-0.2, -0.15) is 0 Å². The number of allylic oxidation sites excluding steroid dienone is 1. The molecular weight excluding hydrogens is 299 g/mol. The zero-order valence-electron chi connectivity index (χ0n) is 10.8. The standard InChI is InChI=1S/C12H11FN4O3S/c1-2-5-16-11(18)14-15-12(16)21-7-8-3-4-9(17(19)20)6-10(8)13/h2-4,6H,1,5,7H2,(H,14,18). The van der Waals surface area contributed by atoms with Crippen LogP contribution < -0.4 is 5.69 Å². The lowest BCUT2D eigenvalue weighted by molar-refractivity contribution is -0.385. The topological polar surface area (TPSA) is 93.8 Å². The smallest absolute Gasteiger partial charge is 0.266 e. The summed E-state index contributed by atoms with van der Waals surface area (Å²) in [4.78, 5) is 21.3. The molecule has 1 N–H and O–H groups in total. The summed E-state index contributed by atoms with van der Waals surface area (Å²) in [6.45, 7) is 3.83. The summed E-state index contributed by atoms with van der Waals surface area (Å²) in [5.74, 6) is -0.463. The minimum absolute atomic E-state index is 0.200. The SMILES string of the molecule is C=CCn1c(SCc2ccc([N+](=O)[O-])cc2F)n[nH]c1=O. The fraction of sp³-hybridized carbons (Fsp3) is 0.167. The molecule has 110 valence electrons. The Hall–Kier alpha value is -2.42. The Morgan fingerprint density at radius 1 is 1.57 bits per heavy atom. The third-order valence-corrected chi connectivity index (χ3v) is 3.66. The number of aromatic amines is 1. The number of hydrogen-bond donors (Lipinski definition) is 1. The van der Waals surface area contributed by atoms with Gasteiger partial charge in [-0.3, -0.25) is 14.7 Å². The molecule has 0 saturated carbocycles. The van der Waals surface area contributed by atoms with E-state index in [-0.39, 0.29) is 17.1 Å². The Morgan fingerprint density at radius 3 is 2.95 bits per heavy atom. The van der Waals surface area contributed by atoms with Gasteiger partial charge in [0.1, 0.15) is 5.82 Å². The van der Waals surface area contributed by atoms with Gasteiger partial charge in [-0.25, -0.2) is 14.3 Å². The second-order valence-electron chi connectivity index (χ2n) is 4.03. The van der Waals surface area contributed by atoms with Crippen molar-refractivity contribution in [2.45, 2.75) is 17.5 Å². The van der Waals surface area contributed by atoms with Gasteiger partial charge in [-0.05, 0) is 11.6 Å². The number of hydrogen-bond acceptors (Lipinski definition) is 5. The highest BCUT2D eigenvalue weighted by Crippen LogP contribution is 2.24. The van der Waals surface area contributed by atoms with Crippen LogP contribution in [0.4, 0.5) is 10.1 Å². The molecule has 2 rings (SSSR count). The predicted octanol–water partition coefficient (Wildman–Crippen LogP) is 2.10. The third-order valence-electron chi connectivity index (χ3n) is 2.64. The number of non-ortho nitro benzene ring substituents is 1. The second-order valence-corrected chi connectivity index (χ2v) is 4.97. The molecule has 0 spiro atoms. The van der Waals surface area contributed by atoms with Crippen LogP contribution in [0.25, 0.3) is 0 Å². The number of thioether (sulfide) groups is 1. The van der Waals surface area contributed by atoms with Gasteiger partial charge in [0.2, 0.25) is 0 Å². The number of aromatic nitrogens is 3. The number of benzene rings is 1. The first-order valence-corrected chi connectivity index (χ1v) is 6.83. The zero-order chi connectivity index (χ0) is 15.4. The van der Waals surface area contributed by atoms with Crippen LogP contribution in [0.5, 0.6) is 0 Å². The van der Waals surface area contributed by atoms with Crippen LogP contribution in [0.2, 0.25) is 0 Å². The van der Waals surface area contributed by atoms with Crippen molar-refractivity contribution in [3.63, 3.8) is 0 Å². The Bertz CT molecular complexity index is 740. The zero-order valence-corrected chi connectivity index (χ0v) is 11.6. The Morgan fingerprint density at radius 2 is 2.33 bits per heavy atom. The highest BCUT2D eigenvalue weighted by molar-refractivity contribution is 7.98. The fourth-order valence-electron chi connectivity index (χ4n) is 1.61. The van der Waals surface area contributed by atoms with Crippen molar-refractivity contribution in [3.8, 4) is 0 Å². The molecule has 1 aromatic heterocycles. The summed E-state index contributed by atoms with van der Waals surface area (Å²) >= 11 is 1.15. The molecule has 2 aromatic rings. The normalized spacial score (nSPS) is 10.5. The van der Waals surface area contributed by atoms with Gasteiger partial charge >= 0.3 is 5.69 Å². The van der Waals surface area contributed by atoms with Crippen molar-refractivity contribution in [3.05, 3.63) is 62.8 Å². The minimum atomic E-state index is -0.662. The maximum Gasteiger partial charge on any atom is 0.344 e. The highest BCUT2D eigenvalue weighted by atomic mass is 32.2. The van der Waals surface area contributed by atoms with E-state index in [2.05, 4.69) is 16.8 Å². The van der Waals surface area contributed by atoms with E-state index < -0.39 is 10.7 Å². The summed E-state index contributed by atoms with van der Waals surface area (Å²) in [5, 5.41) is 17.1. The molecule has 9 heteroatoms. The van der Waals surface area contributed by atoms with E-state index in [0.717, 1.165) is 17.8 Å². The van der Waals surface area contributed by atoms with E-state index in [9.17, 15) is 19.3 Å². The molecule has 7 nitrogen and oxygen atoms in total. The van der Waals surface area contributed by atoms with E-state index in [1.54, 1.807) is 6.08 Å². The molecule has 21 heavy (non-hydrogen) atoms. The third kappa shape index (κ3) is 3.37. The molecule has 1 heterocycles. The maximum absolute atomic E-state index is 13.7. The quantitative estimate of drug-likeness (QED) is 0.381. The van der Waals surface area contributed by atoms with Gasteiger partial charge in [-0.1, -0.05) is 17.8 Å². The van der Waals surface area contributed by atoms with E-state index in [4.69, 9.17) is 0 Å². The Kier molecular flexibility index (Phi) is 4.53.